The van der Waals surface area contributed by atoms with E-state index in [0.717, 1.165) is 12.0 Å². The van der Waals surface area contributed by atoms with Crippen molar-refractivity contribution in [1.29, 1.82) is 0 Å². The fourth-order valence-corrected chi connectivity index (χ4v) is 2.24. The van der Waals surface area contributed by atoms with Crippen molar-refractivity contribution < 1.29 is 4.79 Å². The Morgan fingerprint density at radius 3 is 3.00 bits per heavy atom. The summed E-state index contributed by atoms with van der Waals surface area (Å²) in [4.78, 5) is 12.0. The summed E-state index contributed by atoms with van der Waals surface area (Å²) in [5.41, 5.74) is 8.07. The number of benzene rings is 1. The van der Waals surface area contributed by atoms with Crippen molar-refractivity contribution in [1.82, 2.24) is 5.32 Å². The number of hydrogen-bond acceptors (Lipinski definition) is 2. The molecule has 0 heterocycles. The molecule has 1 aromatic rings. The second-order valence-electron chi connectivity index (χ2n) is 4.90. The minimum absolute atomic E-state index is 0.0326. The molecule has 0 bridgehead atoms. The van der Waals surface area contributed by atoms with Crippen LogP contribution in [0.1, 0.15) is 42.1 Å². The fourth-order valence-electron chi connectivity index (χ4n) is 2.24. The van der Waals surface area contributed by atoms with Gasteiger partial charge in [-0.1, -0.05) is 25.5 Å². The average molecular weight is 232 g/mol. The lowest BCUT2D eigenvalue weighted by atomic mass is 10.1. The molecule has 2 unspecified atom stereocenters. The lowest BCUT2D eigenvalue weighted by molar-refractivity contribution is 0.0949. The number of anilines is 1. The number of hydrogen-bond donors (Lipinski definition) is 2. The zero-order chi connectivity index (χ0) is 12.4. The first-order valence-electron chi connectivity index (χ1n) is 6.29. The molecular weight excluding hydrogens is 212 g/mol. The molecule has 1 aliphatic rings. The van der Waals surface area contributed by atoms with Crippen LogP contribution in [0.4, 0.5) is 5.69 Å². The number of para-hydroxylation sites is 1. The van der Waals surface area contributed by atoms with Gasteiger partial charge in [-0.15, -0.1) is 0 Å². The molecule has 3 N–H and O–H groups in total. The van der Waals surface area contributed by atoms with Gasteiger partial charge in [0.05, 0.1) is 5.56 Å². The van der Waals surface area contributed by atoms with Gasteiger partial charge >= 0.3 is 0 Å². The summed E-state index contributed by atoms with van der Waals surface area (Å²) in [6, 6.07) is 5.94. The first-order chi connectivity index (χ1) is 8.13. The summed E-state index contributed by atoms with van der Waals surface area (Å²) in [5, 5.41) is 3.05. The van der Waals surface area contributed by atoms with Gasteiger partial charge < -0.3 is 11.1 Å². The van der Waals surface area contributed by atoms with E-state index in [1.165, 1.54) is 12.8 Å². The second-order valence-corrected chi connectivity index (χ2v) is 4.90. The normalized spacial score (nSPS) is 22.2. The first kappa shape index (κ1) is 12.0. The van der Waals surface area contributed by atoms with Crippen molar-refractivity contribution >= 4 is 11.6 Å². The highest BCUT2D eigenvalue weighted by atomic mass is 16.1. The molecule has 0 aromatic heterocycles. The van der Waals surface area contributed by atoms with E-state index in [2.05, 4.69) is 12.2 Å². The van der Waals surface area contributed by atoms with E-state index in [1.807, 2.05) is 19.1 Å². The average Bonchev–Trinajstić information content (AvgIpc) is 3.01. The van der Waals surface area contributed by atoms with Crippen molar-refractivity contribution in [2.45, 2.75) is 39.2 Å². The van der Waals surface area contributed by atoms with E-state index in [-0.39, 0.29) is 5.91 Å². The van der Waals surface area contributed by atoms with Crippen molar-refractivity contribution in [3.8, 4) is 0 Å². The molecule has 3 heteroatoms. The summed E-state index contributed by atoms with van der Waals surface area (Å²) in [7, 11) is 0. The van der Waals surface area contributed by atoms with Gasteiger partial charge in [0.15, 0.2) is 0 Å². The number of nitrogens with two attached hydrogens (primary N) is 1. The van der Waals surface area contributed by atoms with Gasteiger partial charge in [0.1, 0.15) is 0 Å². The van der Waals surface area contributed by atoms with Crippen LogP contribution in [0.25, 0.3) is 0 Å². The largest absolute Gasteiger partial charge is 0.398 e. The standard InChI is InChI=1S/C14H20N2O/c1-3-5-10-8-12(10)16-14(17)11-7-4-6-9(2)13(11)15/h4,6-7,10,12H,3,5,8,15H2,1-2H3,(H,16,17). The lowest BCUT2D eigenvalue weighted by Crippen LogP contribution is -2.27. The second kappa shape index (κ2) is 4.78. The highest BCUT2D eigenvalue weighted by Crippen LogP contribution is 2.34. The molecule has 1 aliphatic carbocycles. The molecule has 2 rings (SSSR count). The lowest BCUT2D eigenvalue weighted by Gasteiger charge is -2.09. The number of carbonyl (C=O) groups is 1. The van der Waals surface area contributed by atoms with Crippen LogP contribution < -0.4 is 11.1 Å². The minimum atomic E-state index is -0.0326. The topological polar surface area (TPSA) is 55.1 Å². The molecule has 3 nitrogen and oxygen atoms in total. The third kappa shape index (κ3) is 2.60. The maximum Gasteiger partial charge on any atom is 0.253 e. The number of aryl methyl sites for hydroxylation is 1. The summed E-state index contributed by atoms with van der Waals surface area (Å²) in [6.07, 6.45) is 3.50. The minimum Gasteiger partial charge on any atom is -0.398 e. The predicted molar refractivity (Wildman–Crippen MR) is 69.9 cm³/mol. The number of amides is 1. The Labute approximate surface area is 102 Å². The van der Waals surface area contributed by atoms with E-state index in [1.54, 1.807) is 6.07 Å². The molecule has 0 saturated heterocycles. The van der Waals surface area contributed by atoms with Crippen LogP contribution >= 0.6 is 0 Å². The molecule has 1 fully saturated rings. The number of carbonyl (C=O) groups excluding carboxylic acids is 1. The molecule has 1 aromatic carbocycles. The summed E-state index contributed by atoms with van der Waals surface area (Å²) in [5.74, 6) is 0.643. The van der Waals surface area contributed by atoms with Gasteiger partial charge in [0, 0.05) is 11.7 Å². The van der Waals surface area contributed by atoms with E-state index in [9.17, 15) is 4.79 Å². The molecule has 17 heavy (non-hydrogen) atoms. The number of rotatable bonds is 4. The van der Waals surface area contributed by atoms with Crippen LogP contribution in [0.5, 0.6) is 0 Å². The molecule has 2 atom stereocenters. The third-order valence-electron chi connectivity index (χ3n) is 3.47. The monoisotopic (exact) mass is 232 g/mol. The van der Waals surface area contributed by atoms with Crippen molar-refractivity contribution in [3.63, 3.8) is 0 Å². The highest BCUT2D eigenvalue weighted by Gasteiger charge is 2.37. The zero-order valence-electron chi connectivity index (χ0n) is 10.5. The zero-order valence-corrected chi connectivity index (χ0v) is 10.5. The van der Waals surface area contributed by atoms with Gasteiger partial charge in [-0.3, -0.25) is 4.79 Å². The molecule has 0 aliphatic heterocycles. The molecule has 0 radical (unpaired) electrons. The SMILES string of the molecule is CCCC1CC1NC(=O)c1cccc(C)c1N. The van der Waals surface area contributed by atoms with Crippen molar-refractivity contribution in [3.05, 3.63) is 29.3 Å². The number of nitrogens with one attached hydrogen (secondary N) is 1. The van der Waals surface area contributed by atoms with Crippen LogP contribution in [-0.2, 0) is 0 Å². The van der Waals surface area contributed by atoms with Crippen molar-refractivity contribution in [2.75, 3.05) is 5.73 Å². The van der Waals surface area contributed by atoms with E-state index >= 15 is 0 Å². The molecule has 1 saturated carbocycles. The Morgan fingerprint density at radius 1 is 1.53 bits per heavy atom. The smallest absolute Gasteiger partial charge is 0.253 e. The maximum absolute atomic E-state index is 12.0. The third-order valence-corrected chi connectivity index (χ3v) is 3.47. The quantitative estimate of drug-likeness (QED) is 0.784. The van der Waals surface area contributed by atoms with Crippen LogP contribution in [-0.4, -0.2) is 11.9 Å². The predicted octanol–water partition coefficient (Wildman–Crippen LogP) is 2.50. The van der Waals surface area contributed by atoms with Gasteiger partial charge in [0.2, 0.25) is 0 Å². The Hall–Kier alpha value is -1.51. The molecule has 92 valence electrons. The summed E-state index contributed by atoms with van der Waals surface area (Å²) in [6.45, 7) is 4.10. The fraction of sp³-hybridized carbons (Fsp3) is 0.500. The Bertz CT molecular complexity index is 428. The van der Waals surface area contributed by atoms with Crippen LogP contribution in [0.15, 0.2) is 18.2 Å². The van der Waals surface area contributed by atoms with Gasteiger partial charge in [-0.05, 0) is 37.3 Å². The van der Waals surface area contributed by atoms with Gasteiger partial charge in [0.25, 0.3) is 5.91 Å². The van der Waals surface area contributed by atoms with Crippen LogP contribution in [0, 0.1) is 12.8 Å². The Morgan fingerprint density at radius 2 is 2.29 bits per heavy atom. The van der Waals surface area contributed by atoms with E-state index in [0.29, 0.717) is 23.2 Å². The Kier molecular flexibility index (Phi) is 3.36. The molecular formula is C14H20N2O. The van der Waals surface area contributed by atoms with E-state index in [4.69, 9.17) is 5.73 Å². The van der Waals surface area contributed by atoms with E-state index < -0.39 is 0 Å². The molecule has 1 amide bonds. The maximum atomic E-state index is 12.0. The van der Waals surface area contributed by atoms with Gasteiger partial charge in [-0.2, -0.15) is 0 Å². The summed E-state index contributed by atoms with van der Waals surface area (Å²) >= 11 is 0. The van der Waals surface area contributed by atoms with Crippen LogP contribution in [0.2, 0.25) is 0 Å². The highest BCUT2D eigenvalue weighted by molar-refractivity contribution is 6.00. The number of nitrogen functional groups attached to an aromatic ring is 1. The summed E-state index contributed by atoms with van der Waals surface area (Å²) < 4.78 is 0. The van der Waals surface area contributed by atoms with Crippen LogP contribution in [0.3, 0.4) is 0 Å². The first-order valence-corrected chi connectivity index (χ1v) is 6.29. The van der Waals surface area contributed by atoms with Crippen molar-refractivity contribution in [2.24, 2.45) is 5.92 Å². The molecule has 0 spiro atoms. The van der Waals surface area contributed by atoms with Gasteiger partial charge in [-0.25, -0.2) is 0 Å². The Balaban J connectivity index is 1.99.